The standard InChI is InChI=1S/C16H25NOS/c1-2-6-15(14-7-4-3-5-8-14)11-17-12-16(18)9-10-19-13-16/h3-5,7-8,15,17-18H,2,6,9-13H2,1H3. The zero-order valence-electron chi connectivity index (χ0n) is 11.8. The lowest BCUT2D eigenvalue weighted by molar-refractivity contribution is 0.0674. The first-order valence-electron chi connectivity index (χ1n) is 7.29. The van der Waals surface area contributed by atoms with Crippen molar-refractivity contribution in [1.82, 2.24) is 5.32 Å². The van der Waals surface area contributed by atoms with E-state index >= 15 is 0 Å². The molecule has 2 rings (SSSR count). The van der Waals surface area contributed by atoms with Crippen molar-refractivity contribution in [2.24, 2.45) is 0 Å². The SMILES string of the molecule is CCCC(CNCC1(O)CCSC1)c1ccccc1. The van der Waals surface area contributed by atoms with Crippen molar-refractivity contribution in [1.29, 1.82) is 0 Å². The number of rotatable bonds is 7. The van der Waals surface area contributed by atoms with Gasteiger partial charge in [0.05, 0.1) is 5.60 Å². The van der Waals surface area contributed by atoms with E-state index in [0.29, 0.717) is 5.92 Å². The quantitative estimate of drug-likeness (QED) is 0.804. The van der Waals surface area contributed by atoms with Crippen molar-refractivity contribution in [3.8, 4) is 0 Å². The van der Waals surface area contributed by atoms with E-state index in [1.54, 1.807) is 0 Å². The highest BCUT2D eigenvalue weighted by Crippen LogP contribution is 2.27. The lowest BCUT2D eigenvalue weighted by Gasteiger charge is -2.24. The number of hydrogen-bond acceptors (Lipinski definition) is 3. The zero-order chi connectivity index (χ0) is 13.6. The molecule has 1 aliphatic heterocycles. The average molecular weight is 279 g/mol. The second-order valence-corrected chi connectivity index (χ2v) is 6.66. The van der Waals surface area contributed by atoms with Crippen LogP contribution in [0.2, 0.25) is 0 Å². The molecule has 3 heteroatoms. The molecule has 19 heavy (non-hydrogen) atoms. The second kappa shape index (κ2) is 7.32. The predicted octanol–water partition coefficient (Wildman–Crippen LogP) is 3.03. The molecule has 1 aromatic rings. The number of benzene rings is 1. The molecule has 0 saturated carbocycles. The Bertz CT molecular complexity index is 362. The summed E-state index contributed by atoms with van der Waals surface area (Å²) in [6, 6.07) is 10.7. The minimum absolute atomic E-state index is 0.474. The lowest BCUT2D eigenvalue weighted by Crippen LogP contribution is -2.41. The van der Waals surface area contributed by atoms with Crippen molar-refractivity contribution < 1.29 is 5.11 Å². The van der Waals surface area contributed by atoms with Crippen LogP contribution in [-0.2, 0) is 0 Å². The fourth-order valence-electron chi connectivity index (χ4n) is 2.68. The molecule has 0 aromatic heterocycles. The van der Waals surface area contributed by atoms with Gasteiger partial charge in [-0.15, -0.1) is 0 Å². The summed E-state index contributed by atoms with van der Waals surface area (Å²) < 4.78 is 0. The van der Waals surface area contributed by atoms with E-state index < -0.39 is 5.60 Å². The van der Waals surface area contributed by atoms with Crippen LogP contribution in [0.3, 0.4) is 0 Å². The van der Waals surface area contributed by atoms with Crippen LogP contribution in [-0.4, -0.2) is 35.3 Å². The highest BCUT2D eigenvalue weighted by Gasteiger charge is 2.31. The molecule has 0 bridgehead atoms. The van der Waals surface area contributed by atoms with Gasteiger partial charge in [0.2, 0.25) is 0 Å². The average Bonchev–Trinajstić information content (AvgIpc) is 2.86. The third kappa shape index (κ3) is 4.51. The molecule has 0 amide bonds. The van der Waals surface area contributed by atoms with Gasteiger partial charge in [-0.1, -0.05) is 43.7 Å². The van der Waals surface area contributed by atoms with Gasteiger partial charge in [0.1, 0.15) is 0 Å². The summed E-state index contributed by atoms with van der Waals surface area (Å²) in [5.41, 5.74) is 0.933. The Hall–Kier alpha value is -0.510. The first kappa shape index (κ1) is 14.9. The van der Waals surface area contributed by atoms with Crippen molar-refractivity contribution in [2.75, 3.05) is 24.6 Å². The summed E-state index contributed by atoms with van der Waals surface area (Å²) in [5, 5.41) is 13.8. The van der Waals surface area contributed by atoms with Gasteiger partial charge in [-0.05, 0) is 30.1 Å². The van der Waals surface area contributed by atoms with E-state index in [1.807, 2.05) is 11.8 Å². The molecule has 1 saturated heterocycles. The van der Waals surface area contributed by atoms with Crippen LogP contribution in [0.15, 0.2) is 30.3 Å². The lowest BCUT2D eigenvalue weighted by atomic mass is 9.94. The van der Waals surface area contributed by atoms with Gasteiger partial charge < -0.3 is 10.4 Å². The first-order valence-corrected chi connectivity index (χ1v) is 8.45. The molecule has 1 aromatic carbocycles. The normalized spacial score (nSPS) is 24.5. The third-order valence-electron chi connectivity index (χ3n) is 3.84. The predicted molar refractivity (Wildman–Crippen MR) is 83.9 cm³/mol. The first-order chi connectivity index (χ1) is 9.23. The Kier molecular flexibility index (Phi) is 5.74. The molecule has 1 fully saturated rings. The monoisotopic (exact) mass is 279 g/mol. The molecule has 106 valence electrons. The summed E-state index contributed by atoms with van der Waals surface area (Å²) in [6.07, 6.45) is 3.32. The smallest absolute Gasteiger partial charge is 0.0869 e. The van der Waals surface area contributed by atoms with Crippen molar-refractivity contribution in [3.05, 3.63) is 35.9 Å². The highest BCUT2D eigenvalue weighted by atomic mass is 32.2. The molecule has 2 nitrogen and oxygen atoms in total. The second-order valence-electron chi connectivity index (χ2n) is 5.55. The molecule has 2 N–H and O–H groups in total. The fraction of sp³-hybridized carbons (Fsp3) is 0.625. The molecule has 0 aliphatic carbocycles. The number of hydrogen-bond donors (Lipinski definition) is 2. The van der Waals surface area contributed by atoms with Crippen LogP contribution in [0.25, 0.3) is 0 Å². The maximum absolute atomic E-state index is 10.3. The van der Waals surface area contributed by atoms with Gasteiger partial charge in [-0.3, -0.25) is 0 Å². The van der Waals surface area contributed by atoms with Gasteiger partial charge >= 0.3 is 0 Å². The van der Waals surface area contributed by atoms with Crippen LogP contribution in [0.5, 0.6) is 0 Å². The van der Waals surface area contributed by atoms with Crippen molar-refractivity contribution in [2.45, 2.75) is 37.7 Å². The Balaban J connectivity index is 1.84. The maximum atomic E-state index is 10.3. The van der Waals surface area contributed by atoms with E-state index in [9.17, 15) is 5.11 Å². The Morgan fingerprint density at radius 2 is 2.16 bits per heavy atom. The summed E-state index contributed by atoms with van der Waals surface area (Å²) in [4.78, 5) is 0. The van der Waals surface area contributed by atoms with Crippen LogP contribution in [0, 0.1) is 0 Å². The van der Waals surface area contributed by atoms with Crippen molar-refractivity contribution >= 4 is 11.8 Å². The molecular weight excluding hydrogens is 254 g/mol. The molecule has 1 heterocycles. The largest absolute Gasteiger partial charge is 0.388 e. The minimum atomic E-state index is -0.474. The van der Waals surface area contributed by atoms with Gasteiger partial charge in [-0.25, -0.2) is 0 Å². The minimum Gasteiger partial charge on any atom is -0.388 e. The van der Waals surface area contributed by atoms with Crippen LogP contribution < -0.4 is 5.32 Å². The Morgan fingerprint density at radius 3 is 2.79 bits per heavy atom. The van der Waals surface area contributed by atoms with E-state index in [-0.39, 0.29) is 0 Å². The van der Waals surface area contributed by atoms with E-state index in [4.69, 9.17) is 0 Å². The summed E-state index contributed by atoms with van der Waals surface area (Å²) >= 11 is 1.86. The van der Waals surface area contributed by atoms with E-state index in [0.717, 1.165) is 31.0 Å². The summed E-state index contributed by atoms with van der Waals surface area (Å²) in [5.74, 6) is 2.53. The van der Waals surface area contributed by atoms with Gasteiger partial charge in [0, 0.05) is 18.8 Å². The highest BCUT2D eigenvalue weighted by molar-refractivity contribution is 7.99. The van der Waals surface area contributed by atoms with E-state index in [2.05, 4.69) is 42.6 Å². The van der Waals surface area contributed by atoms with Gasteiger partial charge in [0.25, 0.3) is 0 Å². The number of aliphatic hydroxyl groups is 1. The fourth-order valence-corrected chi connectivity index (χ4v) is 3.97. The van der Waals surface area contributed by atoms with Crippen LogP contribution in [0.4, 0.5) is 0 Å². The third-order valence-corrected chi connectivity index (χ3v) is 5.07. The molecule has 1 aliphatic rings. The topological polar surface area (TPSA) is 32.3 Å². The molecule has 0 spiro atoms. The van der Waals surface area contributed by atoms with E-state index in [1.165, 1.54) is 18.4 Å². The van der Waals surface area contributed by atoms with Gasteiger partial charge in [-0.2, -0.15) is 11.8 Å². The Labute approximate surface area is 121 Å². The summed E-state index contributed by atoms with van der Waals surface area (Å²) in [7, 11) is 0. The molecule has 2 atom stereocenters. The Morgan fingerprint density at radius 1 is 1.37 bits per heavy atom. The molecule has 0 radical (unpaired) electrons. The molecular formula is C16H25NOS. The maximum Gasteiger partial charge on any atom is 0.0869 e. The summed E-state index contributed by atoms with van der Waals surface area (Å²) in [6.45, 7) is 3.93. The van der Waals surface area contributed by atoms with Crippen LogP contribution in [0.1, 0.15) is 37.7 Å². The van der Waals surface area contributed by atoms with Gasteiger partial charge in [0.15, 0.2) is 0 Å². The van der Waals surface area contributed by atoms with Crippen molar-refractivity contribution in [3.63, 3.8) is 0 Å². The molecule has 2 unspecified atom stereocenters. The number of nitrogens with one attached hydrogen (secondary N) is 1. The number of thioether (sulfide) groups is 1. The zero-order valence-corrected chi connectivity index (χ0v) is 12.6. The van der Waals surface area contributed by atoms with Crippen LogP contribution >= 0.6 is 11.8 Å².